The van der Waals surface area contributed by atoms with Crippen LogP contribution in [0.15, 0.2) is 52.9 Å². The van der Waals surface area contributed by atoms with E-state index in [0.29, 0.717) is 23.6 Å². The number of ether oxygens (including phenoxy) is 1. The summed E-state index contributed by atoms with van der Waals surface area (Å²) in [7, 11) is 0. The minimum Gasteiger partial charge on any atom is -0.486 e. The molecule has 5 nitrogen and oxygen atoms in total. The summed E-state index contributed by atoms with van der Waals surface area (Å²) in [6, 6.07) is 11.8. The zero-order valence-corrected chi connectivity index (χ0v) is 15.5. The number of carboxylic acid groups (broad SMARTS) is 1. The smallest absolute Gasteiger partial charge is 0.416 e. The molecule has 1 aromatic heterocycles. The predicted octanol–water partition coefficient (Wildman–Crippen LogP) is 5.27. The average molecular weight is 405 g/mol. The Bertz CT molecular complexity index is 994. The SMILES string of the molecule is Cc1nc(-c2cccc(C(F)(F)F)c2)oc1COc1ccc(CCC(=O)O)cc1. The number of oxazole rings is 1. The fourth-order valence-corrected chi connectivity index (χ4v) is 2.67. The average Bonchev–Trinajstić information content (AvgIpc) is 3.06. The fraction of sp³-hybridized carbons (Fsp3) is 0.238. The van der Waals surface area contributed by atoms with Crippen LogP contribution in [0.4, 0.5) is 13.2 Å². The number of hydrogen-bond acceptors (Lipinski definition) is 4. The van der Waals surface area contributed by atoms with E-state index in [0.717, 1.165) is 17.7 Å². The highest BCUT2D eigenvalue weighted by molar-refractivity contribution is 5.67. The summed E-state index contributed by atoms with van der Waals surface area (Å²) < 4.78 is 49.9. The molecule has 0 atom stereocenters. The van der Waals surface area contributed by atoms with Crippen LogP contribution in [0, 0.1) is 6.92 Å². The van der Waals surface area contributed by atoms with Crippen LogP contribution in [0.3, 0.4) is 0 Å². The summed E-state index contributed by atoms with van der Waals surface area (Å²) in [6.07, 6.45) is -3.97. The van der Waals surface area contributed by atoms with E-state index in [-0.39, 0.29) is 24.5 Å². The first-order valence-corrected chi connectivity index (χ1v) is 8.80. The largest absolute Gasteiger partial charge is 0.486 e. The highest BCUT2D eigenvalue weighted by Gasteiger charge is 2.30. The number of aryl methyl sites for hydroxylation is 2. The lowest BCUT2D eigenvalue weighted by Gasteiger charge is -2.07. The number of alkyl halides is 3. The van der Waals surface area contributed by atoms with Crippen molar-refractivity contribution in [1.82, 2.24) is 4.98 Å². The molecule has 0 saturated carbocycles. The van der Waals surface area contributed by atoms with Gasteiger partial charge in [0.25, 0.3) is 0 Å². The van der Waals surface area contributed by atoms with Gasteiger partial charge in [-0.1, -0.05) is 18.2 Å². The van der Waals surface area contributed by atoms with Gasteiger partial charge < -0.3 is 14.3 Å². The van der Waals surface area contributed by atoms with Gasteiger partial charge in [-0.3, -0.25) is 4.79 Å². The van der Waals surface area contributed by atoms with Crippen molar-refractivity contribution in [2.24, 2.45) is 0 Å². The topological polar surface area (TPSA) is 72.6 Å². The summed E-state index contributed by atoms with van der Waals surface area (Å²) in [4.78, 5) is 14.8. The van der Waals surface area contributed by atoms with E-state index in [9.17, 15) is 18.0 Å². The standard InChI is InChI=1S/C21H18F3NO4/c1-13-18(12-28-17-8-5-14(6-9-17)7-10-19(26)27)29-20(25-13)15-3-2-4-16(11-15)21(22,23)24/h2-6,8-9,11H,7,10,12H2,1H3,(H,26,27). The van der Waals surface area contributed by atoms with Gasteiger partial charge in [-0.05, 0) is 49.2 Å². The first-order chi connectivity index (χ1) is 13.7. The minimum atomic E-state index is -4.44. The van der Waals surface area contributed by atoms with Crippen LogP contribution >= 0.6 is 0 Å². The second-order valence-electron chi connectivity index (χ2n) is 6.43. The Hall–Kier alpha value is -3.29. The summed E-state index contributed by atoms with van der Waals surface area (Å²) >= 11 is 0. The molecule has 3 aromatic rings. The minimum absolute atomic E-state index is 0.0514. The monoisotopic (exact) mass is 405 g/mol. The zero-order valence-electron chi connectivity index (χ0n) is 15.5. The van der Waals surface area contributed by atoms with Gasteiger partial charge in [0.2, 0.25) is 5.89 Å². The predicted molar refractivity (Wildman–Crippen MR) is 98.4 cm³/mol. The molecule has 3 rings (SSSR count). The molecule has 1 N–H and O–H groups in total. The van der Waals surface area contributed by atoms with E-state index in [1.54, 1.807) is 31.2 Å². The second-order valence-corrected chi connectivity index (χ2v) is 6.43. The normalized spacial score (nSPS) is 11.4. The zero-order chi connectivity index (χ0) is 21.0. The van der Waals surface area contributed by atoms with E-state index in [4.69, 9.17) is 14.3 Å². The lowest BCUT2D eigenvalue weighted by molar-refractivity contribution is -0.138. The van der Waals surface area contributed by atoms with Crippen LogP contribution in [-0.2, 0) is 24.0 Å². The number of aliphatic carboxylic acids is 1. The lowest BCUT2D eigenvalue weighted by Crippen LogP contribution is -2.04. The summed E-state index contributed by atoms with van der Waals surface area (Å²) in [5.74, 6) is 0.201. The third-order valence-corrected chi connectivity index (χ3v) is 4.25. The van der Waals surface area contributed by atoms with Crippen LogP contribution in [-0.4, -0.2) is 16.1 Å². The number of nitrogens with zero attached hydrogens (tertiary/aromatic N) is 1. The molecule has 0 bridgehead atoms. The Morgan fingerprint density at radius 1 is 1.17 bits per heavy atom. The molecule has 0 aliphatic rings. The molecule has 0 radical (unpaired) electrons. The first-order valence-electron chi connectivity index (χ1n) is 8.80. The van der Waals surface area contributed by atoms with Crippen molar-refractivity contribution >= 4 is 5.97 Å². The molecular formula is C21H18F3NO4. The number of benzene rings is 2. The molecular weight excluding hydrogens is 387 g/mol. The van der Waals surface area contributed by atoms with Crippen molar-refractivity contribution in [2.45, 2.75) is 32.5 Å². The number of carboxylic acids is 1. The van der Waals surface area contributed by atoms with Crippen LogP contribution in [0.25, 0.3) is 11.5 Å². The van der Waals surface area contributed by atoms with Gasteiger partial charge in [0.1, 0.15) is 12.4 Å². The first kappa shape index (κ1) is 20.4. The highest BCUT2D eigenvalue weighted by atomic mass is 19.4. The van der Waals surface area contributed by atoms with Gasteiger partial charge >= 0.3 is 12.1 Å². The van der Waals surface area contributed by atoms with Gasteiger partial charge in [-0.25, -0.2) is 4.98 Å². The van der Waals surface area contributed by atoms with Crippen LogP contribution in [0.5, 0.6) is 5.75 Å². The number of halogens is 3. The fourth-order valence-electron chi connectivity index (χ4n) is 2.67. The molecule has 0 unspecified atom stereocenters. The van der Waals surface area contributed by atoms with Gasteiger partial charge in [0.15, 0.2) is 5.76 Å². The van der Waals surface area contributed by atoms with Gasteiger partial charge in [0, 0.05) is 12.0 Å². The van der Waals surface area contributed by atoms with E-state index >= 15 is 0 Å². The van der Waals surface area contributed by atoms with Crippen molar-refractivity contribution in [3.63, 3.8) is 0 Å². The molecule has 1 heterocycles. The lowest BCUT2D eigenvalue weighted by atomic mass is 10.1. The third-order valence-electron chi connectivity index (χ3n) is 4.25. The van der Waals surface area contributed by atoms with E-state index in [1.165, 1.54) is 12.1 Å². The Morgan fingerprint density at radius 3 is 2.55 bits per heavy atom. The maximum absolute atomic E-state index is 12.9. The molecule has 0 saturated heterocycles. The summed E-state index contributed by atoms with van der Waals surface area (Å²) in [5, 5.41) is 8.71. The number of carbonyl (C=O) groups is 1. The quantitative estimate of drug-likeness (QED) is 0.580. The molecule has 8 heteroatoms. The molecule has 0 spiro atoms. The van der Waals surface area contributed by atoms with Crippen molar-refractivity contribution in [2.75, 3.05) is 0 Å². The summed E-state index contributed by atoms with van der Waals surface area (Å²) in [6.45, 7) is 1.75. The van der Waals surface area contributed by atoms with Crippen molar-refractivity contribution in [3.05, 3.63) is 71.1 Å². The van der Waals surface area contributed by atoms with Gasteiger partial charge in [-0.2, -0.15) is 13.2 Å². The van der Waals surface area contributed by atoms with Gasteiger partial charge in [-0.15, -0.1) is 0 Å². The number of hydrogen-bond donors (Lipinski definition) is 1. The van der Waals surface area contributed by atoms with Gasteiger partial charge in [0.05, 0.1) is 11.3 Å². The van der Waals surface area contributed by atoms with E-state index in [2.05, 4.69) is 4.98 Å². The molecule has 29 heavy (non-hydrogen) atoms. The molecule has 152 valence electrons. The second kappa shape index (κ2) is 8.38. The van der Waals surface area contributed by atoms with Crippen LogP contribution in [0.1, 0.15) is 29.0 Å². The third kappa shape index (κ3) is 5.37. The molecule has 0 aliphatic heterocycles. The Morgan fingerprint density at radius 2 is 1.90 bits per heavy atom. The van der Waals surface area contributed by atoms with E-state index < -0.39 is 17.7 Å². The molecule has 2 aromatic carbocycles. The van der Waals surface area contributed by atoms with Crippen molar-refractivity contribution < 1.29 is 32.2 Å². The van der Waals surface area contributed by atoms with Crippen molar-refractivity contribution in [1.29, 1.82) is 0 Å². The summed E-state index contributed by atoms with van der Waals surface area (Å²) in [5.41, 5.74) is 0.863. The van der Waals surface area contributed by atoms with E-state index in [1.807, 2.05) is 0 Å². The molecule has 0 fully saturated rings. The molecule has 0 aliphatic carbocycles. The Labute approximate surface area is 164 Å². The number of rotatable bonds is 7. The maximum Gasteiger partial charge on any atom is 0.416 e. The Balaban J connectivity index is 1.68. The Kier molecular flexibility index (Phi) is 5.91. The van der Waals surface area contributed by atoms with Crippen LogP contribution in [0.2, 0.25) is 0 Å². The highest BCUT2D eigenvalue weighted by Crippen LogP contribution is 2.32. The van der Waals surface area contributed by atoms with Crippen LogP contribution < -0.4 is 4.74 Å². The van der Waals surface area contributed by atoms with Crippen molar-refractivity contribution in [3.8, 4) is 17.2 Å². The number of aromatic nitrogens is 1. The maximum atomic E-state index is 12.9. The molecule has 0 amide bonds.